The minimum absolute atomic E-state index is 0.264. The molecule has 0 N–H and O–H groups in total. The van der Waals surface area contributed by atoms with Crippen molar-refractivity contribution in [3.05, 3.63) is 0 Å². The maximum Gasteiger partial charge on any atom is 0.508 e. The highest BCUT2D eigenvalue weighted by Gasteiger charge is 2.01. The van der Waals surface area contributed by atoms with Gasteiger partial charge >= 0.3 is 6.16 Å². The number of carbonyl (C=O) groups is 1. The first kappa shape index (κ1) is 12.8. The van der Waals surface area contributed by atoms with Crippen LogP contribution in [-0.2, 0) is 9.47 Å². The van der Waals surface area contributed by atoms with E-state index in [-0.39, 0.29) is 6.61 Å². The molecule has 0 radical (unpaired) electrons. The van der Waals surface area contributed by atoms with Gasteiger partial charge < -0.3 is 9.47 Å². The molecule has 0 aromatic rings. The summed E-state index contributed by atoms with van der Waals surface area (Å²) in [6, 6.07) is 1.97. The van der Waals surface area contributed by atoms with Gasteiger partial charge in [0.05, 0.1) is 19.3 Å². The zero-order valence-corrected chi connectivity index (χ0v) is 8.62. The lowest BCUT2D eigenvalue weighted by Crippen LogP contribution is -2.09. The average Bonchev–Trinajstić information content (AvgIpc) is 2.19. The molecule has 0 aromatic carbocycles. The number of unbranched alkanes of at least 4 members (excludes halogenated alkanes) is 3. The van der Waals surface area contributed by atoms with E-state index in [9.17, 15) is 4.79 Å². The van der Waals surface area contributed by atoms with Crippen LogP contribution in [0, 0.1) is 11.3 Å². The van der Waals surface area contributed by atoms with Crippen molar-refractivity contribution >= 4 is 6.16 Å². The fourth-order valence-corrected chi connectivity index (χ4v) is 0.856. The van der Waals surface area contributed by atoms with Gasteiger partial charge in [-0.15, -0.1) is 0 Å². The minimum Gasteiger partial charge on any atom is -0.434 e. The van der Waals surface area contributed by atoms with Crippen molar-refractivity contribution < 1.29 is 14.3 Å². The number of hydrogen-bond donors (Lipinski definition) is 0. The van der Waals surface area contributed by atoms with Gasteiger partial charge in [-0.05, 0) is 12.8 Å². The highest BCUT2D eigenvalue weighted by atomic mass is 16.7. The van der Waals surface area contributed by atoms with Gasteiger partial charge in [-0.2, -0.15) is 5.26 Å². The fraction of sp³-hybridized carbons (Fsp3) is 0.800. The van der Waals surface area contributed by atoms with Crippen molar-refractivity contribution in [1.82, 2.24) is 0 Å². The molecule has 0 amide bonds. The maximum atomic E-state index is 10.8. The molecule has 0 saturated carbocycles. The summed E-state index contributed by atoms with van der Waals surface area (Å²) >= 11 is 0. The van der Waals surface area contributed by atoms with Crippen molar-refractivity contribution in [2.24, 2.45) is 0 Å². The second-order valence-electron chi connectivity index (χ2n) is 2.92. The van der Waals surface area contributed by atoms with E-state index in [0.717, 1.165) is 19.3 Å². The topological polar surface area (TPSA) is 59.3 Å². The predicted octanol–water partition coefficient (Wildman–Crippen LogP) is 2.63. The van der Waals surface area contributed by atoms with Gasteiger partial charge in [0, 0.05) is 6.42 Å². The molecule has 0 heterocycles. The van der Waals surface area contributed by atoms with Crippen LogP contribution in [0.5, 0.6) is 0 Å². The average molecular weight is 199 g/mol. The molecule has 0 saturated heterocycles. The van der Waals surface area contributed by atoms with E-state index in [1.165, 1.54) is 0 Å². The van der Waals surface area contributed by atoms with E-state index in [1.54, 1.807) is 0 Å². The quantitative estimate of drug-likeness (QED) is 0.467. The van der Waals surface area contributed by atoms with Crippen LogP contribution >= 0.6 is 0 Å². The third-order valence-electron chi connectivity index (χ3n) is 1.62. The Morgan fingerprint density at radius 3 is 2.43 bits per heavy atom. The summed E-state index contributed by atoms with van der Waals surface area (Å²) in [7, 11) is 0. The SMILES string of the molecule is CCCCCOC(=O)OCCCC#N. The monoisotopic (exact) mass is 199 g/mol. The van der Waals surface area contributed by atoms with E-state index in [4.69, 9.17) is 14.7 Å². The third kappa shape index (κ3) is 8.85. The molecule has 0 aromatic heterocycles. The molecule has 0 unspecified atom stereocenters. The molecule has 0 bridgehead atoms. The highest BCUT2D eigenvalue weighted by molar-refractivity contribution is 5.59. The molecule has 0 aliphatic rings. The van der Waals surface area contributed by atoms with E-state index in [1.807, 2.05) is 6.07 Å². The van der Waals surface area contributed by atoms with Crippen LogP contribution in [0.25, 0.3) is 0 Å². The Kier molecular flexibility index (Phi) is 8.97. The van der Waals surface area contributed by atoms with E-state index >= 15 is 0 Å². The van der Waals surface area contributed by atoms with Crippen LogP contribution < -0.4 is 0 Å². The Labute approximate surface area is 84.8 Å². The first-order chi connectivity index (χ1) is 6.81. The van der Waals surface area contributed by atoms with Gasteiger partial charge in [0.1, 0.15) is 0 Å². The second kappa shape index (κ2) is 9.85. The lowest BCUT2D eigenvalue weighted by molar-refractivity contribution is 0.0537. The first-order valence-electron chi connectivity index (χ1n) is 4.97. The largest absolute Gasteiger partial charge is 0.508 e. The zero-order valence-electron chi connectivity index (χ0n) is 8.62. The molecule has 0 rings (SSSR count). The van der Waals surface area contributed by atoms with Crippen LogP contribution in [0.15, 0.2) is 0 Å². The first-order valence-corrected chi connectivity index (χ1v) is 4.97. The second-order valence-corrected chi connectivity index (χ2v) is 2.92. The molecule has 14 heavy (non-hydrogen) atoms. The summed E-state index contributed by atoms with van der Waals surface area (Å²) in [5, 5.41) is 8.21. The molecule has 0 aliphatic heterocycles. The van der Waals surface area contributed by atoms with E-state index in [0.29, 0.717) is 19.4 Å². The Bertz CT molecular complexity index is 186. The Morgan fingerprint density at radius 2 is 1.86 bits per heavy atom. The highest BCUT2D eigenvalue weighted by Crippen LogP contribution is 1.96. The van der Waals surface area contributed by atoms with Crippen LogP contribution in [0.3, 0.4) is 0 Å². The number of nitrogens with zero attached hydrogens (tertiary/aromatic N) is 1. The lowest BCUT2D eigenvalue weighted by Gasteiger charge is -2.04. The summed E-state index contributed by atoms with van der Waals surface area (Å²) in [5.41, 5.74) is 0. The Morgan fingerprint density at radius 1 is 1.21 bits per heavy atom. The van der Waals surface area contributed by atoms with E-state index < -0.39 is 6.16 Å². The Balaban J connectivity index is 3.16. The normalized spacial score (nSPS) is 9.14. The molecule has 0 fully saturated rings. The summed E-state index contributed by atoms with van der Waals surface area (Å²) in [6.45, 7) is 2.77. The molecular formula is C10H17NO3. The van der Waals surface area contributed by atoms with Gasteiger partial charge in [-0.3, -0.25) is 0 Å². The number of carbonyl (C=O) groups excluding carboxylic acids is 1. The molecule has 0 aliphatic carbocycles. The van der Waals surface area contributed by atoms with Crippen LogP contribution in [0.4, 0.5) is 4.79 Å². The fourth-order valence-electron chi connectivity index (χ4n) is 0.856. The molecule has 80 valence electrons. The smallest absolute Gasteiger partial charge is 0.434 e. The van der Waals surface area contributed by atoms with Crippen LogP contribution in [0.2, 0.25) is 0 Å². The minimum atomic E-state index is -0.626. The summed E-state index contributed by atoms with van der Waals surface area (Å²) in [4.78, 5) is 10.8. The van der Waals surface area contributed by atoms with Crippen molar-refractivity contribution in [2.75, 3.05) is 13.2 Å². The van der Waals surface area contributed by atoms with Gasteiger partial charge in [0.25, 0.3) is 0 Å². The van der Waals surface area contributed by atoms with Crippen LogP contribution in [0.1, 0.15) is 39.0 Å². The number of ether oxygens (including phenoxy) is 2. The van der Waals surface area contributed by atoms with Crippen molar-refractivity contribution in [3.63, 3.8) is 0 Å². The number of nitriles is 1. The molecule has 4 nitrogen and oxygen atoms in total. The number of hydrogen-bond acceptors (Lipinski definition) is 4. The van der Waals surface area contributed by atoms with Gasteiger partial charge in [-0.1, -0.05) is 19.8 Å². The lowest BCUT2D eigenvalue weighted by atomic mass is 10.3. The third-order valence-corrected chi connectivity index (χ3v) is 1.62. The molecule has 0 spiro atoms. The van der Waals surface area contributed by atoms with Crippen molar-refractivity contribution in [1.29, 1.82) is 5.26 Å². The molecular weight excluding hydrogens is 182 g/mol. The van der Waals surface area contributed by atoms with E-state index in [2.05, 4.69) is 6.92 Å². The zero-order chi connectivity index (χ0) is 10.6. The van der Waals surface area contributed by atoms with Gasteiger partial charge in [0.2, 0.25) is 0 Å². The molecule has 4 heteroatoms. The van der Waals surface area contributed by atoms with Crippen LogP contribution in [-0.4, -0.2) is 19.4 Å². The summed E-state index contributed by atoms with van der Waals surface area (Å²) in [6.07, 6.45) is 3.38. The summed E-state index contributed by atoms with van der Waals surface area (Å²) in [5.74, 6) is 0. The maximum absolute atomic E-state index is 10.8. The van der Waals surface area contributed by atoms with Gasteiger partial charge in [-0.25, -0.2) is 4.79 Å². The molecule has 0 atom stereocenters. The predicted molar refractivity (Wildman–Crippen MR) is 51.7 cm³/mol. The summed E-state index contributed by atoms with van der Waals surface area (Å²) < 4.78 is 9.49. The van der Waals surface area contributed by atoms with Crippen molar-refractivity contribution in [2.45, 2.75) is 39.0 Å². The number of rotatable bonds is 7. The van der Waals surface area contributed by atoms with Gasteiger partial charge in [0.15, 0.2) is 0 Å². The Hall–Kier alpha value is -1.24. The standard InChI is InChI=1S/C10H17NO3/c1-2-3-5-8-13-10(12)14-9-6-4-7-11/h2-6,8-9H2,1H3. The van der Waals surface area contributed by atoms with Crippen molar-refractivity contribution in [3.8, 4) is 6.07 Å².